The molecule has 2 atom stereocenters. The number of nitrogens with two attached hydrogens (primary N) is 1. The molecule has 0 bridgehead atoms. The Morgan fingerprint density at radius 2 is 2.54 bits per heavy atom. The van der Waals surface area contributed by atoms with E-state index >= 15 is 0 Å². The number of hydrogen-bond acceptors (Lipinski definition) is 4. The first kappa shape index (κ1) is 9.15. The second-order valence-corrected chi connectivity index (χ2v) is 4.22. The zero-order valence-corrected chi connectivity index (χ0v) is 8.09. The summed E-state index contributed by atoms with van der Waals surface area (Å²) in [5, 5.41) is 14.0. The molecule has 13 heavy (non-hydrogen) atoms. The zero-order chi connectivity index (χ0) is 9.31. The molecule has 2 rings (SSSR count). The lowest BCUT2D eigenvalue weighted by atomic mass is 9.90. The van der Waals surface area contributed by atoms with Crippen LogP contribution in [0.15, 0.2) is 16.8 Å². The molecule has 0 spiro atoms. The summed E-state index contributed by atoms with van der Waals surface area (Å²) in [7, 11) is 0. The van der Waals surface area contributed by atoms with E-state index in [4.69, 9.17) is 10.5 Å². The fraction of sp³-hybridized carbons (Fsp3) is 0.556. The Balaban J connectivity index is 2.16. The number of hydrogen-bond donors (Lipinski definition) is 2. The van der Waals surface area contributed by atoms with Crippen LogP contribution in [0.2, 0.25) is 0 Å². The van der Waals surface area contributed by atoms with Crippen molar-refractivity contribution in [3.63, 3.8) is 0 Å². The van der Waals surface area contributed by atoms with Gasteiger partial charge in [0.05, 0.1) is 12.6 Å². The quantitative estimate of drug-likeness (QED) is 0.744. The molecule has 0 amide bonds. The Morgan fingerprint density at radius 1 is 1.69 bits per heavy atom. The van der Waals surface area contributed by atoms with E-state index in [1.54, 1.807) is 11.3 Å². The Morgan fingerprint density at radius 3 is 3.08 bits per heavy atom. The third kappa shape index (κ3) is 1.62. The van der Waals surface area contributed by atoms with E-state index < -0.39 is 5.60 Å². The predicted molar refractivity (Wildman–Crippen MR) is 51.6 cm³/mol. The fourth-order valence-corrected chi connectivity index (χ4v) is 2.27. The van der Waals surface area contributed by atoms with Crippen LogP contribution in [0.25, 0.3) is 0 Å². The van der Waals surface area contributed by atoms with Crippen LogP contribution in [0.4, 0.5) is 0 Å². The molecule has 1 fully saturated rings. The summed E-state index contributed by atoms with van der Waals surface area (Å²) in [6.07, 6.45) is 0.629. The molecule has 0 radical (unpaired) electrons. The molecule has 72 valence electrons. The van der Waals surface area contributed by atoms with E-state index in [2.05, 4.69) is 0 Å². The molecule has 1 aromatic heterocycles. The maximum absolute atomic E-state index is 10.1. The number of thiophene rings is 1. The summed E-state index contributed by atoms with van der Waals surface area (Å²) in [4.78, 5) is 0. The van der Waals surface area contributed by atoms with Crippen molar-refractivity contribution in [2.45, 2.75) is 18.1 Å². The molecule has 1 saturated heterocycles. The first-order valence-electron chi connectivity index (χ1n) is 4.30. The van der Waals surface area contributed by atoms with Crippen molar-refractivity contribution in [3.8, 4) is 0 Å². The summed E-state index contributed by atoms with van der Waals surface area (Å²) in [6.45, 7) is 0.957. The van der Waals surface area contributed by atoms with E-state index in [1.165, 1.54) is 0 Å². The van der Waals surface area contributed by atoms with E-state index in [0.29, 0.717) is 19.6 Å². The summed E-state index contributed by atoms with van der Waals surface area (Å²) >= 11 is 1.59. The van der Waals surface area contributed by atoms with Crippen molar-refractivity contribution in [2.24, 2.45) is 5.73 Å². The van der Waals surface area contributed by atoms with Gasteiger partial charge >= 0.3 is 0 Å². The monoisotopic (exact) mass is 199 g/mol. The normalized spacial score (nSPS) is 30.6. The maximum atomic E-state index is 10.1. The third-order valence-electron chi connectivity index (χ3n) is 2.51. The second kappa shape index (κ2) is 3.38. The van der Waals surface area contributed by atoms with Crippen LogP contribution in [0.3, 0.4) is 0 Å². The molecule has 1 aliphatic heterocycles. The van der Waals surface area contributed by atoms with Gasteiger partial charge in [0, 0.05) is 13.0 Å². The van der Waals surface area contributed by atoms with Crippen molar-refractivity contribution < 1.29 is 9.84 Å². The fourth-order valence-electron chi connectivity index (χ4n) is 1.58. The summed E-state index contributed by atoms with van der Waals surface area (Å²) in [5.74, 6) is 0. The first-order chi connectivity index (χ1) is 6.22. The minimum absolute atomic E-state index is 0.318. The number of rotatable bonds is 2. The van der Waals surface area contributed by atoms with Gasteiger partial charge in [-0.2, -0.15) is 11.3 Å². The van der Waals surface area contributed by atoms with E-state index in [0.717, 1.165) is 5.56 Å². The number of aliphatic hydroxyl groups is 1. The molecule has 2 heterocycles. The molecule has 4 heteroatoms. The van der Waals surface area contributed by atoms with Crippen molar-refractivity contribution in [1.82, 2.24) is 0 Å². The van der Waals surface area contributed by atoms with E-state index in [-0.39, 0.29) is 6.04 Å². The van der Waals surface area contributed by atoms with Crippen LogP contribution in [0.1, 0.15) is 18.0 Å². The van der Waals surface area contributed by atoms with Crippen molar-refractivity contribution >= 4 is 11.3 Å². The van der Waals surface area contributed by atoms with Crippen LogP contribution < -0.4 is 5.73 Å². The lowest BCUT2D eigenvalue weighted by Gasteiger charge is -2.27. The van der Waals surface area contributed by atoms with Gasteiger partial charge in [-0.1, -0.05) is 0 Å². The maximum Gasteiger partial charge on any atom is 0.109 e. The zero-order valence-electron chi connectivity index (χ0n) is 7.27. The highest BCUT2D eigenvalue weighted by Crippen LogP contribution is 2.31. The molecule has 3 nitrogen and oxygen atoms in total. The average Bonchev–Trinajstić information content (AvgIpc) is 2.73. The van der Waals surface area contributed by atoms with Gasteiger partial charge < -0.3 is 15.6 Å². The summed E-state index contributed by atoms with van der Waals surface area (Å²) in [6, 6.07) is 1.63. The van der Waals surface area contributed by atoms with Crippen molar-refractivity contribution in [2.75, 3.05) is 13.2 Å². The Labute approximate surface area is 81.1 Å². The highest BCUT2D eigenvalue weighted by atomic mass is 32.1. The van der Waals surface area contributed by atoms with E-state index in [9.17, 15) is 5.11 Å². The van der Waals surface area contributed by atoms with Gasteiger partial charge in [-0.05, 0) is 22.4 Å². The minimum Gasteiger partial charge on any atom is -0.385 e. The number of ether oxygens (including phenoxy) is 1. The Bertz CT molecular complexity index is 267. The molecule has 1 aliphatic rings. The lowest BCUT2D eigenvalue weighted by molar-refractivity contribution is 0.00359. The van der Waals surface area contributed by atoms with Gasteiger partial charge in [0.25, 0.3) is 0 Å². The van der Waals surface area contributed by atoms with Gasteiger partial charge in [-0.25, -0.2) is 0 Å². The standard InChI is InChI=1S/C9H13NO2S/c10-8(7-1-4-13-5-7)9(11)2-3-12-6-9/h1,4-5,8,11H,2-3,6,10H2. The van der Waals surface area contributed by atoms with Crippen LogP contribution in [-0.4, -0.2) is 23.9 Å². The SMILES string of the molecule is NC(c1ccsc1)C1(O)CCOC1. The van der Waals surface area contributed by atoms with Crippen LogP contribution in [0, 0.1) is 0 Å². The molecule has 0 aliphatic carbocycles. The van der Waals surface area contributed by atoms with Crippen LogP contribution in [0.5, 0.6) is 0 Å². The van der Waals surface area contributed by atoms with Crippen LogP contribution in [-0.2, 0) is 4.74 Å². The molecular weight excluding hydrogens is 186 g/mol. The topological polar surface area (TPSA) is 55.5 Å². The highest BCUT2D eigenvalue weighted by Gasteiger charge is 2.39. The molecular formula is C9H13NO2S. The molecule has 2 unspecified atom stereocenters. The second-order valence-electron chi connectivity index (χ2n) is 3.44. The molecule has 3 N–H and O–H groups in total. The van der Waals surface area contributed by atoms with Gasteiger partial charge in [-0.3, -0.25) is 0 Å². The minimum atomic E-state index is -0.860. The van der Waals surface area contributed by atoms with Gasteiger partial charge in [-0.15, -0.1) is 0 Å². The highest BCUT2D eigenvalue weighted by molar-refractivity contribution is 7.07. The van der Waals surface area contributed by atoms with Gasteiger partial charge in [0.1, 0.15) is 5.60 Å². The third-order valence-corrected chi connectivity index (χ3v) is 3.21. The van der Waals surface area contributed by atoms with Gasteiger partial charge in [0.2, 0.25) is 0 Å². The molecule has 1 aromatic rings. The largest absolute Gasteiger partial charge is 0.385 e. The van der Waals surface area contributed by atoms with Crippen LogP contribution >= 0.6 is 11.3 Å². The van der Waals surface area contributed by atoms with E-state index in [1.807, 2.05) is 16.8 Å². The summed E-state index contributed by atoms with van der Waals surface area (Å²) in [5.41, 5.74) is 6.09. The lowest BCUT2D eigenvalue weighted by Crippen LogP contribution is -2.41. The first-order valence-corrected chi connectivity index (χ1v) is 5.24. The Hall–Kier alpha value is -0.420. The van der Waals surface area contributed by atoms with Crippen molar-refractivity contribution in [3.05, 3.63) is 22.4 Å². The van der Waals surface area contributed by atoms with Crippen molar-refractivity contribution in [1.29, 1.82) is 0 Å². The molecule has 0 saturated carbocycles. The summed E-state index contributed by atoms with van der Waals surface area (Å²) < 4.78 is 5.15. The average molecular weight is 199 g/mol. The van der Waals surface area contributed by atoms with Gasteiger partial charge in [0.15, 0.2) is 0 Å². The molecule has 0 aromatic carbocycles. The smallest absolute Gasteiger partial charge is 0.109 e. The predicted octanol–water partition coefficient (Wildman–Crippen LogP) is 0.899. The Kier molecular flexibility index (Phi) is 2.38.